The maximum atomic E-state index is 13.1. The van der Waals surface area contributed by atoms with E-state index in [0.29, 0.717) is 17.0 Å². The minimum absolute atomic E-state index is 0.343. The number of benzene rings is 2. The average molecular weight is 389 g/mol. The van der Waals surface area contributed by atoms with Crippen molar-refractivity contribution in [2.75, 3.05) is 4.90 Å². The van der Waals surface area contributed by atoms with E-state index in [-0.39, 0.29) is 5.82 Å². The highest BCUT2D eigenvalue weighted by Crippen LogP contribution is 2.35. The molecule has 5 nitrogen and oxygen atoms in total. The predicted octanol–water partition coefficient (Wildman–Crippen LogP) is 2.88. The average Bonchev–Trinajstić information content (AvgIpc) is 3.09. The molecule has 2 aromatic carbocycles. The molecule has 0 spiro atoms. The Morgan fingerprint density at radius 1 is 1.08 bits per heavy atom. The van der Waals surface area contributed by atoms with Crippen LogP contribution in [0.2, 0.25) is 0 Å². The van der Waals surface area contributed by atoms with E-state index in [2.05, 4.69) is 21.1 Å². The molecule has 0 unspecified atom stereocenters. The van der Waals surface area contributed by atoms with Gasteiger partial charge >= 0.3 is 0 Å². The molecule has 2 atom stereocenters. The number of amides is 2. The topological polar surface area (TPSA) is 59.0 Å². The lowest BCUT2D eigenvalue weighted by Gasteiger charge is -2.15. The fourth-order valence-electron chi connectivity index (χ4n) is 2.91. The Labute approximate surface area is 144 Å². The number of fused-ring (bicyclic) bond motifs is 1. The Morgan fingerprint density at radius 3 is 2.54 bits per heavy atom. The van der Waals surface area contributed by atoms with Crippen LogP contribution in [0.3, 0.4) is 0 Å². The second-order valence-electron chi connectivity index (χ2n) is 5.48. The molecule has 0 bridgehead atoms. The van der Waals surface area contributed by atoms with Gasteiger partial charge in [-0.1, -0.05) is 39.3 Å². The van der Waals surface area contributed by atoms with Crippen molar-refractivity contribution in [2.24, 2.45) is 11.1 Å². The van der Waals surface area contributed by atoms with Gasteiger partial charge in [0, 0.05) is 10.0 Å². The van der Waals surface area contributed by atoms with Crippen molar-refractivity contribution in [1.82, 2.24) is 0 Å². The van der Waals surface area contributed by atoms with Crippen LogP contribution in [0, 0.1) is 11.7 Å². The number of oxime groups is 1. The van der Waals surface area contributed by atoms with Gasteiger partial charge in [-0.3, -0.25) is 9.59 Å². The van der Waals surface area contributed by atoms with Crippen molar-refractivity contribution in [1.29, 1.82) is 0 Å². The van der Waals surface area contributed by atoms with E-state index in [0.717, 1.165) is 9.37 Å². The minimum atomic E-state index is -0.975. The molecule has 0 N–H and O–H groups in total. The molecular weight excluding hydrogens is 379 g/mol. The summed E-state index contributed by atoms with van der Waals surface area (Å²) in [7, 11) is 0. The third-order valence-corrected chi connectivity index (χ3v) is 4.51. The van der Waals surface area contributed by atoms with Gasteiger partial charge in [0.1, 0.15) is 17.4 Å². The molecular formula is C17H10BrFN2O3. The van der Waals surface area contributed by atoms with Crippen LogP contribution in [0.1, 0.15) is 5.56 Å². The molecule has 2 amide bonds. The molecule has 0 aliphatic carbocycles. The molecule has 0 radical (unpaired) electrons. The van der Waals surface area contributed by atoms with Crippen LogP contribution in [0.5, 0.6) is 0 Å². The van der Waals surface area contributed by atoms with Gasteiger partial charge in [-0.15, -0.1) is 0 Å². The van der Waals surface area contributed by atoms with Crippen LogP contribution in [0.4, 0.5) is 10.1 Å². The van der Waals surface area contributed by atoms with Crippen LogP contribution in [0.15, 0.2) is 58.2 Å². The van der Waals surface area contributed by atoms with E-state index < -0.39 is 23.8 Å². The highest BCUT2D eigenvalue weighted by atomic mass is 79.9. The summed E-state index contributed by atoms with van der Waals surface area (Å²) in [5.41, 5.74) is 1.37. The largest absolute Gasteiger partial charge is 0.381 e. The summed E-state index contributed by atoms with van der Waals surface area (Å²) < 4.78 is 13.9. The lowest BCUT2D eigenvalue weighted by Crippen LogP contribution is -2.33. The van der Waals surface area contributed by atoms with Crippen molar-refractivity contribution in [3.63, 3.8) is 0 Å². The molecule has 2 aromatic rings. The summed E-state index contributed by atoms with van der Waals surface area (Å²) in [5.74, 6) is -2.06. The van der Waals surface area contributed by atoms with E-state index in [4.69, 9.17) is 4.84 Å². The number of halogens is 2. The van der Waals surface area contributed by atoms with Gasteiger partial charge in [0.05, 0.1) is 5.69 Å². The molecule has 2 aliphatic heterocycles. The summed E-state index contributed by atoms with van der Waals surface area (Å²) in [6.45, 7) is 0. The maximum absolute atomic E-state index is 13.1. The molecule has 1 fully saturated rings. The SMILES string of the molecule is O=C1[C@H]2C(c3ccc(F)cc3)=NO[C@@H]2C(=O)N1c1cccc(Br)c1. The molecule has 1 saturated heterocycles. The van der Waals surface area contributed by atoms with Gasteiger partial charge < -0.3 is 4.84 Å². The fraction of sp³-hybridized carbons (Fsp3) is 0.118. The number of carbonyl (C=O) groups excluding carboxylic acids is 2. The zero-order valence-corrected chi connectivity index (χ0v) is 13.7. The van der Waals surface area contributed by atoms with Crippen molar-refractivity contribution in [3.8, 4) is 0 Å². The van der Waals surface area contributed by atoms with Crippen molar-refractivity contribution in [2.45, 2.75) is 6.10 Å². The van der Waals surface area contributed by atoms with Crippen molar-refractivity contribution >= 4 is 39.1 Å². The van der Waals surface area contributed by atoms with Crippen LogP contribution in [-0.2, 0) is 14.4 Å². The summed E-state index contributed by atoms with van der Waals surface area (Å²) in [5, 5.41) is 3.88. The first-order valence-corrected chi connectivity index (χ1v) is 7.98. The van der Waals surface area contributed by atoms with E-state index in [1.54, 1.807) is 24.3 Å². The molecule has 120 valence electrons. The number of carbonyl (C=O) groups is 2. The predicted molar refractivity (Wildman–Crippen MR) is 87.9 cm³/mol. The highest BCUT2D eigenvalue weighted by molar-refractivity contribution is 9.10. The summed E-state index contributed by atoms with van der Waals surface area (Å²) in [6.07, 6.45) is -0.975. The van der Waals surface area contributed by atoms with Gasteiger partial charge in [0.2, 0.25) is 12.0 Å². The first kappa shape index (κ1) is 15.0. The van der Waals surface area contributed by atoms with Crippen LogP contribution in [0.25, 0.3) is 0 Å². The Hall–Kier alpha value is -2.54. The van der Waals surface area contributed by atoms with Gasteiger partial charge in [-0.2, -0.15) is 0 Å². The minimum Gasteiger partial charge on any atom is -0.381 e. The van der Waals surface area contributed by atoms with Crippen molar-refractivity contribution in [3.05, 3.63) is 64.4 Å². The second-order valence-corrected chi connectivity index (χ2v) is 6.39. The third-order valence-electron chi connectivity index (χ3n) is 4.02. The molecule has 0 aromatic heterocycles. The Bertz CT molecular complexity index is 882. The number of hydrogen-bond donors (Lipinski definition) is 0. The standard InChI is InChI=1S/C17H10BrFN2O3/c18-10-2-1-3-12(8-10)21-16(22)13-14(20-24-15(13)17(21)23)9-4-6-11(19)7-5-9/h1-8,13,15H/t13-,15-/m0/s1. The van der Waals surface area contributed by atoms with E-state index in [9.17, 15) is 14.0 Å². The zero-order valence-electron chi connectivity index (χ0n) is 12.1. The molecule has 24 heavy (non-hydrogen) atoms. The monoisotopic (exact) mass is 388 g/mol. The van der Waals surface area contributed by atoms with Gasteiger partial charge in [-0.05, 0) is 30.3 Å². The number of anilines is 1. The van der Waals surface area contributed by atoms with E-state index >= 15 is 0 Å². The number of hydrogen-bond acceptors (Lipinski definition) is 4. The van der Waals surface area contributed by atoms with E-state index in [1.165, 1.54) is 24.3 Å². The molecule has 2 aliphatic rings. The summed E-state index contributed by atoms with van der Waals surface area (Å²) >= 11 is 3.33. The van der Waals surface area contributed by atoms with Gasteiger partial charge in [-0.25, -0.2) is 9.29 Å². The summed E-state index contributed by atoms with van der Waals surface area (Å²) in [4.78, 5) is 31.7. The fourth-order valence-corrected chi connectivity index (χ4v) is 3.29. The third kappa shape index (κ3) is 2.24. The van der Waals surface area contributed by atoms with Gasteiger partial charge in [0.15, 0.2) is 0 Å². The maximum Gasteiger partial charge on any atom is 0.278 e. The summed E-state index contributed by atoms with van der Waals surface area (Å²) in [6, 6.07) is 12.5. The van der Waals surface area contributed by atoms with Crippen molar-refractivity contribution < 1.29 is 18.8 Å². The number of imide groups is 1. The Morgan fingerprint density at radius 2 is 1.83 bits per heavy atom. The second kappa shape index (κ2) is 5.52. The number of rotatable bonds is 2. The molecule has 0 saturated carbocycles. The normalized spacial score (nSPS) is 22.4. The highest BCUT2D eigenvalue weighted by Gasteiger charge is 2.56. The first-order chi connectivity index (χ1) is 11.6. The Kier molecular flexibility index (Phi) is 3.45. The smallest absolute Gasteiger partial charge is 0.278 e. The Balaban J connectivity index is 1.71. The molecule has 7 heteroatoms. The molecule has 4 rings (SSSR count). The van der Waals surface area contributed by atoms with Crippen LogP contribution >= 0.6 is 15.9 Å². The first-order valence-electron chi connectivity index (χ1n) is 7.19. The van der Waals surface area contributed by atoms with Crippen LogP contribution in [-0.4, -0.2) is 23.6 Å². The quantitative estimate of drug-likeness (QED) is 0.743. The van der Waals surface area contributed by atoms with Gasteiger partial charge in [0.25, 0.3) is 5.91 Å². The zero-order chi connectivity index (χ0) is 16.8. The lowest BCUT2D eigenvalue weighted by molar-refractivity contribution is -0.126. The van der Waals surface area contributed by atoms with Crippen LogP contribution < -0.4 is 4.90 Å². The van der Waals surface area contributed by atoms with E-state index in [1.807, 2.05) is 0 Å². The molecule has 2 heterocycles. The number of nitrogens with zero attached hydrogens (tertiary/aromatic N) is 2. The lowest BCUT2D eigenvalue weighted by atomic mass is 9.94.